The molecular formula is C12H22S2. The predicted molar refractivity (Wildman–Crippen MR) is 71.4 cm³/mol. The van der Waals surface area contributed by atoms with Gasteiger partial charge in [-0.1, -0.05) is 25.5 Å². The van der Waals surface area contributed by atoms with Crippen LogP contribution in [-0.4, -0.2) is 22.5 Å². The molecule has 1 aliphatic carbocycles. The summed E-state index contributed by atoms with van der Waals surface area (Å²) in [5.41, 5.74) is 1.66. The van der Waals surface area contributed by atoms with E-state index in [9.17, 15) is 0 Å². The Labute approximate surface area is 97.3 Å². The summed E-state index contributed by atoms with van der Waals surface area (Å²) in [6, 6.07) is 0. The summed E-state index contributed by atoms with van der Waals surface area (Å²) in [5.74, 6) is 0.732. The molecule has 0 nitrogen and oxygen atoms in total. The zero-order chi connectivity index (χ0) is 10.8. The standard InChI is InChI=1S/C12H22S2/c1-9(2)10-6-7-12(3,14-5)11(8-10)13-4/h8-9,11H,6-7H2,1-5H3. The minimum atomic E-state index is 0.456. The maximum atomic E-state index is 2.52. The molecule has 1 rings (SSSR count). The summed E-state index contributed by atoms with van der Waals surface area (Å²) >= 11 is 4.03. The highest BCUT2D eigenvalue weighted by atomic mass is 32.2. The molecule has 0 radical (unpaired) electrons. The van der Waals surface area contributed by atoms with Crippen molar-refractivity contribution in [3.63, 3.8) is 0 Å². The van der Waals surface area contributed by atoms with Crippen LogP contribution in [0.1, 0.15) is 33.6 Å². The molecule has 82 valence electrons. The van der Waals surface area contributed by atoms with Crippen molar-refractivity contribution >= 4 is 23.5 Å². The van der Waals surface area contributed by atoms with Gasteiger partial charge in [-0.15, -0.1) is 0 Å². The summed E-state index contributed by atoms with van der Waals surface area (Å²) in [7, 11) is 0. The molecule has 14 heavy (non-hydrogen) atoms. The Hall–Kier alpha value is 0.440. The van der Waals surface area contributed by atoms with Crippen LogP contribution >= 0.6 is 23.5 Å². The fourth-order valence-electron chi connectivity index (χ4n) is 2.01. The van der Waals surface area contributed by atoms with Crippen molar-refractivity contribution in [1.29, 1.82) is 0 Å². The molecule has 0 aromatic heterocycles. The predicted octanol–water partition coefficient (Wildman–Crippen LogP) is 4.22. The average Bonchev–Trinajstić information content (AvgIpc) is 2.18. The third-order valence-electron chi connectivity index (χ3n) is 3.34. The molecule has 0 saturated heterocycles. The first-order valence-electron chi connectivity index (χ1n) is 5.32. The van der Waals surface area contributed by atoms with Crippen LogP contribution in [0.5, 0.6) is 0 Å². The van der Waals surface area contributed by atoms with Crippen molar-refractivity contribution in [2.24, 2.45) is 5.92 Å². The maximum Gasteiger partial charge on any atom is 0.0371 e. The summed E-state index contributed by atoms with van der Waals surface area (Å²) in [6.07, 6.45) is 9.64. The Morgan fingerprint density at radius 2 is 2.07 bits per heavy atom. The highest BCUT2D eigenvalue weighted by Gasteiger charge is 2.35. The number of hydrogen-bond acceptors (Lipinski definition) is 2. The van der Waals surface area contributed by atoms with Crippen molar-refractivity contribution < 1.29 is 0 Å². The first kappa shape index (κ1) is 12.5. The monoisotopic (exact) mass is 230 g/mol. The molecule has 0 saturated carbocycles. The average molecular weight is 230 g/mol. The van der Waals surface area contributed by atoms with E-state index in [2.05, 4.69) is 39.4 Å². The van der Waals surface area contributed by atoms with Gasteiger partial charge in [0, 0.05) is 10.00 Å². The van der Waals surface area contributed by atoms with Crippen molar-refractivity contribution in [3.8, 4) is 0 Å². The van der Waals surface area contributed by atoms with E-state index in [0.29, 0.717) is 10.00 Å². The van der Waals surface area contributed by atoms with Crippen LogP contribution in [0.25, 0.3) is 0 Å². The summed E-state index contributed by atoms with van der Waals surface area (Å²) < 4.78 is 0.456. The van der Waals surface area contributed by atoms with Crippen LogP contribution in [0.15, 0.2) is 11.6 Å². The van der Waals surface area contributed by atoms with Gasteiger partial charge < -0.3 is 0 Å². The fourth-order valence-corrected chi connectivity index (χ4v) is 4.12. The van der Waals surface area contributed by atoms with Gasteiger partial charge in [0.1, 0.15) is 0 Å². The lowest BCUT2D eigenvalue weighted by molar-refractivity contribution is 0.541. The van der Waals surface area contributed by atoms with Gasteiger partial charge >= 0.3 is 0 Å². The largest absolute Gasteiger partial charge is 0.157 e. The molecule has 0 N–H and O–H groups in total. The summed E-state index contributed by atoms with van der Waals surface area (Å²) in [4.78, 5) is 0. The van der Waals surface area contributed by atoms with Crippen LogP contribution in [0.2, 0.25) is 0 Å². The number of thioether (sulfide) groups is 2. The molecular weight excluding hydrogens is 208 g/mol. The van der Waals surface area contributed by atoms with Gasteiger partial charge in [-0.2, -0.15) is 23.5 Å². The zero-order valence-corrected chi connectivity index (χ0v) is 11.6. The van der Waals surface area contributed by atoms with E-state index in [1.54, 1.807) is 5.57 Å². The Balaban J connectivity index is 2.84. The van der Waals surface area contributed by atoms with Gasteiger partial charge in [-0.25, -0.2) is 0 Å². The van der Waals surface area contributed by atoms with Crippen LogP contribution in [-0.2, 0) is 0 Å². The minimum absolute atomic E-state index is 0.456. The maximum absolute atomic E-state index is 2.52. The Morgan fingerprint density at radius 3 is 2.50 bits per heavy atom. The third-order valence-corrected chi connectivity index (χ3v) is 6.04. The first-order chi connectivity index (χ1) is 6.53. The first-order valence-corrected chi connectivity index (χ1v) is 7.83. The van der Waals surface area contributed by atoms with E-state index in [0.717, 1.165) is 5.92 Å². The highest BCUT2D eigenvalue weighted by molar-refractivity contribution is 8.03. The number of hydrogen-bond donors (Lipinski definition) is 0. The lowest BCUT2D eigenvalue weighted by Crippen LogP contribution is -2.35. The normalized spacial score (nSPS) is 33.3. The summed E-state index contributed by atoms with van der Waals surface area (Å²) in [5, 5.41) is 0.698. The molecule has 0 spiro atoms. The van der Waals surface area contributed by atoms with Gasteiger partial charge in [0.15, 0.2) is 0 Å². The SMILES string of the molecule is CSC1C=C(C(C)C)CCC1(C)SC. The van der Waals surface area contributed by atoms with Crippen molar-refractivity contribution in [2.45, 2.75) is 43.6 Å². The molecule has 0 aromatic carbocycles. The molecule has 2 unspecified atom stereocenters. The Kier molecular flexibility index (Phi) is 4.45. The van der Waals surface area contributed by atoms with Gasteiger partial charge in [-0.3, -0.25) is 0 Å². The van der Waals surface area contributed by atoms with Crippen LogP contribution < -0.4 is 0 Å². The van der Waals surface area contributed by atoms with Crippen LogP contribution in [0, 0.1) is 5.92 Å². The van der Waals surface area contributed by atoms with E-state index >= 15 is 0 Å². The van der Waals surface area contributed by atoms with Crippen LogP contribution in [0.3, 0.4) is 0 Å². The van der Waals surface area contributed by atoms with Gasteiger partial charge in [0.25, 0.3) is 0 Å². The second kappa shape index (κ2) is 4.98. The minimum Gasteiger partial charge on any atom is -0.157 e. The molecule has 0 aromatic rings. The molecule has 0 aliphatic heterocycles. The van der Waals surface area contributed by atoms with Crippen molar-refractivity contribution in [3.05, 3.63) is 11.6 Å². The lowest BCUT2D eigenvalue weighted by Gasteiger charge is -2.38. The Bertz CT molecular complexity index is 220. The quantitative estimate of drug-likeness (QED) is 0.666. The number of rotatable bonds is 3. The van der Waals surface area contributed by atoms with Crippen molar-refractivity contribution in [1.82, 2.24) is 0 Å². The molecule has 2 atom stereocenters. The van der Waals surface area contributed by atoms with E-state index in [1.165, 1.54) is 12.8 Å². The fraction of sp³-hybridized carbons (Fsp3) is 0.833. The topological polar surface area (TPSA) is 0 Å². The van der Waals surface area contributed by atoms with Crippen molar-refractivity contribution in [2.75, 3.05) is 12.5 Å². The summed E-state index contributed by atoms with van der Waals surface area (Å²) in [6.45, 7) is 7.03. The van der Waals surface area contributed by atoms with Gasteiger partial charge in [0.2, 0.25) is 0 Å². The van der Waals surface area contributed by atoms with Gasteiger partial charge in [-0.05, 0) is 38.2 Å². The molecule has 1 aliphatic rings. The van der Waals surface area contributed by atoms with Gasteiger partial charge in [0.05, 0.1) is 0 Å². The lowest BCUT2D eigenvalue weighted by atomic mass is 9.85. The van der Waals surface area contributed by atoms with Crippen LogP contribution in [0.4, 0.5) is 0 Å². The molecule has 0 heterocycles. The molecule has 0 fully saturated rings. The second-order valence-corrected chi connectivity index (χ2v) is 6.89. The molecule has 0 amide bonds. The van der Waals surface area contributed by atoms with E-state index < -0.39 is 0 Å². The highest BCUT2D eigenvalue weighted by Crippen LogP contribution is 2.43. The third kappa shape index (κ3) is 2.52. The molecule has 0 bridgehead atoms. The zero-order valence-electron chi connectivity index (χ0n) is 9.96. The second-order valence-electron chi connectivity index (χ2n) is 4.57. The van der Waals surface area contributed by atoms with E-state index in [4.69, 9.17) is 0 Å². The molecule has 2 heteroatoms. The smallest absolute Gasteiger partial charge is 0.0371 e. The number of allylic oxidation sites excluding steroid dienone is 1. The van der Waals surface area contributed by atoms with E-state index in [-0.39, 0.29) is 0 Å². The Morgan fingerprint density at radius 1 is 1.43 bits per heavy atom. The van der Waals surface area contributed by atoms with E-state index in [1.807, 2.05) is 23.5 Å².